The summed E-state index contributed by atoms with van der Waals surface area (Å²) >= 11 is 13.3. The molecule has 0 aliphatic rings. The zero-order valence-corrected chi connectivity index (χ0v) is 20.6. The Balaban J connectivity index is 1.58. The van der Waals surface area contributed by atoms with E-state index in [-0.39, 0.29) is 18.3 Å². The highest BCUT2D eigenvalue weighted by molar-refractivity contribution is 7.99. The lowest BCUT2D eigenvalue weighted by molar-refractivity contribution is -0.113. The Morgan fingerprint density at radius 3 is 2.62 bits per heavy atom. The van der Waals surface area contributed by atoms with Gasteiger partial charge in [0, 0.05) is 17.3 Å². The molecule has 0 atom stereocenters. The number of benzene rings is 2. The molecule has 11 heteroatoms. The van der Waals surface area contributed by atoms with Gasteiger partial charge in [-0.25, -0.2) is 4.79 Å². The Labute approximate surface area is 211 Å². The average Bonchev–Trinajstić information content (AvgIpc) is 3.19. The van der Waals surface area contributed by atoms with Gasteiger partial charge >= 0.3 is 5.97 Å². The molecule has 1 amide bonds. The molecule has 1 N–H and O–H groups in total. The molecule has 0 aliphatic carbocycles. The van der Waals surface area contributed by atoms with E-state index >= 15 is 0 Å². The number of thioether (sulfide) groups is 1. The molecule has 34 heavy (non-hydrogen) atoms. The third-order valence-electron chi connectivity index (χ3n) is 4.37. The van der Waals surface area contributed by atoms with Gasteiger partial charge in [0.25, 0.3) is 0 Å². The second-order valence-corrected chi connectivity index (χ2v) is 8.58. The van der Waals surface area contributed by atoms with Crippen molar-refractivity contribution >= 4 is 52.5 Å². The van der Waals surface area contributed by atoms with E-state index in [4.69, 9.17) is 32.7 Å². The first kappa shape index (κ1) is 25.6. The molecule has 0 saturated heterocycles. The maximum Gasteiger partial charge on any atom is 0.338 e. The van der Waals surface area contributed by atoms with E-state index in [1.54, 1.807) is 55.5 Å². The molecule has 0 saturated carbocycles. The Bertz CT molecular complexity index is 1170. The lowest BCUT2D eigenvalue weighted by Gasteiger charge is -2.10. The van der Waals surface area contributed by atoms with Crippen molar-refractivity contribution in [2.24, 2.45) is 0 Å². The minimum Gasteiger partial charge on any atom is -0.484 e. The zero-order chi connectivity index (χ0) is 24.5. The highest BCUT2D eigenvalue weighted by Gasteiger charge is 2.15. The van der Waals surface area contributed by atoms with Gasteiger partial charge in [-0.15, -0.1) is 16.8 Å². The van der Waals surface area contributed by atoms with Crippen molar-refractivity contribution < 1.29 is 19.1 Å². The van der Waals surface area contributed by atoms with Crippen LogP contribution in [0.3, 0.4) is 0 Å². The molecule has 3 aromatic rings. The zero-order valence-electron chi connectivity index (χ0n) is 18.3. The van der Waals surface area contributed by atoms with Gasteiger partial charge < -0.3 is 14.8 Å². The summed E-state index contributed by atoms with van der Waals surface area (Å²) in [6.45, 7) is 6.38. The molecule has 2 aromatic carbocycles. The summed E-state index contributed by atoms with van der Waals surface area (Å²) < 4.78 is 12.5. The second-order valence-electron chi connectivity index (χ2n) is 6.80. The first-order valence-electron chi connectivity index (χ1n) is 10.2. The Hall–Kier alpha value is -3.01. The quantitative estimate of drug-likeness (QED) is 0.209. The average molecular weight is 521 g/mol. The number of amides is 1. The molecule has 1 heterocycles. The van der Waals surface area contributed by atoms with E-state index in [2.05, 4.69) is 22.1 Å². The number of nitrogens with zero attached hydrogens (tertiary/aromatic N) is 3. The van der Waals surface area contributed by atoms with Gasteiger partial charge in [0.1, 0.15) is 12.4 Å². The van der Waals surface area contributed by atoms with Crippen LogP contribution in [0.4, 0.5) is 5.69 Å². The summed E-state index contributed by atoms with van der Waals surface area (Å²) in [5.74, 6) is 0.507. The largest absolute Gasteiger partial charge is 0.484 e. The standard InChI is InChI=1S/C23H22Cl2N4O4S/c1-3-11-29-20(13-33-19-10-7-16(24)12-18(19)25)27-28-23(29)34-14-21(30)26-17-8-5-15(6-9-17)22(31)32-4-2/h3,5-10,12H,1,4,11,13-14H2,2H3,(H,26,30). The molecule has 0 spiro atoms. The van der Waals surface area contributed by atoms with Crippen LogP contribution in [0, 0.1) is 0 Å². The van der Waals surface area contributed by atoms with E-state index in [0.29, 0.717) is 51.2 Å². The number of esters is 1. The van der Waals surface area contributed by atoms with Crippen LogP contribution in [0.1, 0.15) is 23.1 Å². The van der Waals surface area contributed by atoms with Crippen LogP contribution in [0.2, 0.25) is 10.0 Å². The lowest BCUT2D eigenvalue weighted by atomic mass is 10.2. The Morgan fingerprint density at radius 1 is 1.18 bits per heavy atom. The van der Waals surface area contributed by atoms with E-state index in [9.17, 15) is 9.59 Å². The van der Waals surface area contributed by atoms with Crippen LogP contribution in [-0.4, -0.2) is 39.0 Å². The van der Waals surface area contributed by atoms with Crippen LogP contribution in [0.25, 0.3) is 0 Å². The SMILES string of the molecule is C=CCn1c(COc2ccc(Cl)cc2Cl)nnc1SCC(=O)Nc1ccc(C(=O)OCC)cc1. The van der Waals surface area contributed by atoms with Gasteiger partial charge in [-0.2, -0.15) is 0 Å². The molecule has 0 bridgehead atoms. The third kappa shape index (κ3) is 6.99. The number of carbonyl (C=O) groups is 2. The summed E-state index contributed by atoms with van der Waals surface area (Å²) in [6.07, 6.45) is 1.71. The summed E-state index contributed by atoms with van der Waals surface area (Å²) in [6, 6.07) is 11.4. The van der Waals surface area contributed by atoms with Crippen molar-refractivity contribution in [1.29, 1.82) is 0 Å². The fourth-order valence-corrected chi connectivity index (χ4v) is 4.04. The number of hydrogen-bond donors (Lipinski definition) is 1. The van der Waals surface area contributed by atoms with Crippen molar-refractivity contribution in [1.82, 2.24) is 14.8 Å². The highest BCUT2D eigenvalue weighted by atomic mass is 35.5. The van der Waals surface area contributed by atoms with Gasteiger partial charge in [0.15, 0.2) is 11.0 Å². The minimum absolute atomic E-state index is 0.110. The molecule has 0 unspecified atom stereocenters. The van der Waals surface area contributed by atoms with Crippen molar-refractivity contribution in [2.75, 3.05) is 17.7 Å². The molecule has 0 radical (unpaired) electrons. The number of allylic oxidation sites excluding steroid dienone is 1. The number of halogens is 2. The van der Waals surface area contributed by atoms with Gasteiger partial charge in [0.2, 0.25) is 5.91 Å². The number of anilines is 1. The van der Waals surface area contributed by atoms with Crippen LogP contribution < -0.4 is 10.1 Å². The maximum absolute atomic E-state index is 12.4. The smallest absolute Gasteiger partial charge is 0.338 e. The van der Waals surface area contributed by atoms with Gasteiger partial charge in [-0.05, 0) is 49.4 Å². The van der Waals surface area contributed by atoms with Gasteiger partial charge in [0.05, 0.1) is 22.9 Å². The molecule has 3 rings (SSSR count). The lowest BCUT2D eigenvalue weighted by Crippen LogP contribution is -2.15. The highest BCUT2D eigenvalue weighted by Crippen LogP contribution is 2.28. The van der Waals surface area contributed by atoms with Crippen molar-refractivity contribution in [3.63, 3.8) is 0 Å². The van der Waals surface area contributed by atoms with E-state index in [1.807, 2.05) is 4.57 Å². The monoisotopic (exact) mass is 520 g/mol. The molecule has 178 valence electrons. The molecular weight excluding hydrogens is 499 g/mol. The predicted molar refractivity (Wildman–Crippen MR) is 133 cm³/mol. The van der Waals surface area contributed by atoms with Crippen LogP contribution in [0.15, 0.2) is 60.3 Å². The number of ether oxygens (including phenoxy) is 2. The predicted octanol–water partition coefficient (Wildman–Crippen LogP) is 5.26. The molecule has 8 nitrogen and oxygen atoms in total. The first-order chi connectivity index (χ1) is 16.4. The molecule has 0 fully saturated rings. The van der Waals surface area contributed by atoms with Crippen LogP contribution in [0.5, 0.6) is 5.75 Å². The van der Waals surface area contributed by atoms with E-state index in [1.165, 1.54) is 11.8 Å². The second kappa shape index (κ2) is 12.5. The normalized spacial score (nSPS) is 10.6. The van der Waals surface area contributed by atoms with Crippen molar-refractivity contribution in [3.05, 3.63) is 76.6 Å². The summed E-state index contributed by atoms with van der Waals surface area (Å²) in [5.41, 5.74) is 0.988. The summed E-state index contributed by atoms with van der Waals surface area (Å²) in [4.78, 5) is 24.1. The maximum atomic E-state index is 12.4. The van der Waals surface area contributed by atoms with Crippen LogP contribution in [-0.2, 0) is 22.7 Å². The molecule has 0 aliphatic heterocycles. The number of hydrogen-bond acceptors (Lipinski definition) is 7. The summed E-state index contributed by atoms with van der Waals surface area (Å²) in [5, 5.41) is 12.6. The topological polar surface area (TPSA) is 95.3 Å². The van der Waals surface area contributed by atoms with Crippen molar-refractivity contribution in [3.8, 4) is 5.75 Å². The van der Waals surface area contributed by atoms with Crippen LogP contribution >= 0.6 is 35.0 Å². The number of carbonyl (C=O) groups excluding carboxylic acids is 2. The van der Waals surface area contributed by atoms with E-state index < -0.39 is 5.97 Å². The van der Waals surface area contributed by atoms with Crippen molar-refractivity contribution in [2.45, 2.75) is 25.2 Å². The number of aromatic nitrogens is 3. The molecular formula is C23H22Cl2N4O4S. The number of nitrogens with one attached hydrogen (secondary N) is 1. The first-order valence-corrected chi connectivity index (χ1v) is 12.0. The Morgan fingerprint density at radius 2 is 1.94 bits per heavy atom. The third-order valence-corrected chi connectivity index (χ3v) is 5.87. The van der Waals surface area contributed by atoms with E-state index in [0.717, 1.165) is 0 Å². The minimum atomic E-state index is -0.407. The Kier molecular flexibility index (Phi) is 9.38. The fourth-order valence-electron chi connectivity index (χ4n) is 2.81. The van der Waals surface area contributed by atoms with Gasteiger partial charge in [-0.1, -0.05) is 41.0 Å². The molecule has 1 aromatic heterocycles. The summed E-state index contributed by atoms with van der Waals surface area (Å²) in [7, 11) is 0. The fraction of sp³-hybridized carbons (Fsp3) is 0.217. The number of rotatable bonds is 11. The van der Waals surface area contributed by atoms with Gasteiger partial charge in [-0.3, -0.25) is 9.36 Å².